The van der Waals surface area contributed by atoms with E-state index in [0.29, 0.717) is 23.7 Å². The first-order chi connectivity index (χ1) is 12.7. The van der Waals surface area contributed by atoms with E-state index >= 15 is 0 Å². The highest BCUT2D eigenvalue weighted by atomic mass is 32.1. The predicted octanol–water partition coefficient (Wildman–Crippen LogP) is 4.90. The molecule has 26 heavy (non-hydrogen) atoms. The van der Waals surface area contributed by atoms with Crippen LogP contribution in [0.15, 0.2) is 65.3 Å². The second kappa shape index (κ2) is 6.97. The maximum Gasteiger partial charge on any atom is 0.181 e. The molecule has 0 radical (unpaired) electrons. The van der Waals surface area contributed by atoms with Gasteiger partial charge in [0.15, 0.2) is 10.8 Å². The molecule has 0 spiro atoms. The van der Waals surface area contributed by atoms with Crippen LogP contribution < -0.4 is 10.5 Å². The minimum atomic E-state index is -0.291. The van der Waals surface area contributed by atoms with E-state index in [9.17, 15) is 4.39 Å². The maximum absolute atomic E-state index is 12.9. The Labute approximate surface area is 152 Å². The second-order valence-corrected chi connectivity index (χ2v) is 6.70. The summed E-state index contributed by atoms with van der Waals surface area (Å²) in [6, 6.07) is 15.3. The molecule has 0 saturated carbocycles. The lowest BCUT2D eigenvalue weighted by atomic mass is 10.2. The zero-order chi connectivity index (χ0) is 17.9. The molecule has 3 aromatic heterocycles. The number of aromatic nitrogens is 2. The minimum Gasteiger partial charge on any atom is -0.447 e. The fourth-order valence-electron chi connectivity index (χ4n) is 2.45. The Morgan fingerprint density at radius 3 is 2.77 bits per heavy atom. The fraction of sp³-hybridized carbons (Fsp3) is 0.0526. The Balaban J connectivity index is 1.46. The number of rotatable bonds is 5. The van der Waals surface area contributed by atoms with Crippen LogP contribution in [-0.4, -0.2) is 10.1 Å². The van der Waals surface area contributed by atoms with Crippen LogP contribution in [-0.2, 0) is 6.42 Å². The van der Waals surface area contributed by atoms with Gasteiger partial charge in [0.1, 0.15) is 17.4 Å². The highest BCUT2D eigenvalue weighted by molar-refractivity contribution is 7.13. The number of hydrogen-bond donors (Lipinski definition) is 1. The number of nitrogens with two attached hydrogens (primary N) is 1. The molecule has 0 atom stereocenters. The van der Waals surface area contributed by atoms with Gasteiger partial charge in [0.25, 0.3) is 0 Å². The van der Waals surface area contributed by atoms with Gasteiger partial charge in [-0.2, -0.15) is 0 Å². The zero-order valence-corrected chi connectivity index (χ0v) is 14.4. The monoisotopic (exact) mass is 367 g/mol. The number of benzene rings is 1. The SMILES string of the molecule is Nc1ncccc1-c1cc(Cc2ccc(Oc3ccc(F)cc3)s2)no1. The van der Waals surface area contributed by atoms with Crippen molar-refractivity contribution in [2.24, 2.45) is 0 Å². The van der Waals surface area contributed by atoms with Crippen LogP contribution in [0.5, 0.6) is 10.8 Å². The molecule has 7 heteroatoms. The van der Waals surface area contributed by atoms with Crippen LogP contribution in [0.4, 0.5) is 10.2 Å². The Hall–Kier alpha value is -3.19. The molecule has 5 nitrogen and oxygen atoms in total. The van der Waals surface area contributed by atoms with E-state index in [2.05, 4.69) is 10.1 Å². The molecule has 2 N–H and O–H groups in total. The van der Waals surface area contributed by atoms with Gasteiger partial charge in [0.2, 0.25) is 0 Å². The van der Waals surface area contributed by atoms with Crippen LogP contribution >= 0.6 is 11.3 Å². The predicted molar refractivity (Wildman–Crippen MR) is 97.7 cm³/mol. The van der Waals surface area contributed by atoms with Crippen molar-refractivity contribution in [1.29, 1.82) is 0 Å². The first-order valence-electron chi connectivity index (χ1n) is 7.86. The van der Waals surface area contributed by atoms with Gasteiger partial charge >= 0.3 is 0 Å². The summed E-state index contributed by atoms with van der Waals surface area (Å²) in [5.74, 6) is 1.29. The average Bonchev–Trinajstić information content (AvgIpc) is 3.27. The van der Waals surface area contributed by atoms with E-state index in [1.54, 1.807) is 24.4 Å². The zero-order valence-electron chi connectivity index (χ0n) is 13.6. The number of nitrogens with zero attached hydrogens (tertiary/aromatic N) is 2. The number of ether oxygens (including phenoxy) is 1. The first kappa shape index (κ1) is 16.3. The van der Waals surface area contributed by atoms with E-state index in [0.717, 1.165) is 21.2 Å². The maximum atomic E-state index is 12.9. The molecule has 0 aliphatic rings. The summed E-state index contributed by atoms with van der Waals surface area (Å²) in [7, 11) is 0. The topological polar surface area (TPSA) is 74.2 Å². The quantitative estimate of drug-likeness (QED) is 0.543. The summed E-state index contributed by atoms with van der Waals surface area (Å²) < 4.78 is 24.1. The van der Waals surface area contributed by atoms with Crippen LogP contribution in [0.3, 0.4) is 0 Å². The summed E-state index contributed by atoms with van der Waals surface area (Å²) in [6.45, 7) is 0. The lowest BCUT2D eigenvalue weighted by molar-refractivity contribution is 0.425. The average molecular weight is 367 g/mol. The van der Waals surface area contributed by atoms with Gasteiger partial charge in [0.05, 0.1) is 11.3 Å². The highest BCUT2D eigenvalue weighted by Crippen LogP contribution is 2.31. The van der Waals surface area contributed by atoms with Gasteiger partial charge in [-0.05, 0) is 48.5 Å². The molecule has 0 bridgehead atoms. The largest absolute Gasteiger partial charge is 0.447 e. The van der Waals surface area contributed by atoms with Crippen LogP contribution in [0, 0.1) is 5.82 Å². The molecule has 3 heterocycles. The molecule has 4 rings (SSSR count). The lowest BCUT2D eigenvalue weighted by Crippen LogP contribution is -1.91. The number of hydrogen-bond acceptors (Lipinski definition) is 6. The van der Waals surface area contributed by atoms with Crippen molar-refractivity contribution in [3.8, 4) is 22.1 Å². The standard InChI is InChI=1S/C19H14FN3O2S/c20-12-3-5-14(6-4-12)24-18-8-7-15(26-18)10-13-11-17(25-23-13)16-2-1-9-22-19(16)21/h1-9,11H,10H2,(H2,21,22). The smallest absolute Gasteiger partial charge is 0.181 e. The Morgan fingerprint density at radius 2 is 1.96 bits per heavy atom. The van der Waals surface area contributed by atoms with Crippen molar-refractivity contribution in [1.82, 2.24) is 10.1 Å². The van der Waals surface area contributed by atoms with Crippen molar-refractivity contribution in [2.75, 3.05) is 5.73 Å². The van der Waals surface area contributed by atoms with Gasteiger partial charge < -0.3 is 15.0 Å². The van der Waals surface area contributed by atoms with Crippen LogP contribution in [0.2, 0.25) is 0 Å². The summed E-state index contributed by atoms with van der Waals surface area (Å²) >= 11 is 1.50. The number of pyridine rings is 1. The van der Waals surface area contributed by atoms with E-state index in [4.69, 9.17) is 15.0 Å². The van der Waals surface area contributed by atoms with Crippen molar-refractivity contribution in [3.05, 3.63) is 77.2 Å². The van der Waals surface area contributed by atoms with E-state index in [-0.39, 0.29) is 5.82 Å². The molecule has 0 saturated heterocycles. The van der Waals surface area contributed by atoms with Crippen molar-refractivity contribution in [2.45, 2.75) is 6.42 Å². The molecule has 0 amide bonds. The summed E-state index contributed by atoms with van der Waals surface area (Å²) in [6.07, 6.45) is 2.24. The Bertz CT molecular complexity index is 1030. The molecule has 0 unspecified atom stereocenters. The minimum absolute atomic E-state index is 0.291. The third kappa shape index (κ3) is 3.57. The van der Waals surface area contributed by atoms with Crippen LogP contribution in [0.25, 0.3) is 11.3 Å². The molecule has 4 aromatic rings. The van der Waals surface area contributed by atoms with Crippen molar-refractivity contribution < 1.29 is 13.7 Å². The van der Waals surface area contributed by atoms with Gasteiger partial charge in [0, 0.05) is 23.6 Å². The summed E-state index contributed by atoms with van der Waals surface area (Å²) in [5, 5.41) is 4.83. The van der Waals surface area contributed by atoms with E-state index in [1.165, 1.54) is 23.5 Å². The fourth-order valence-corrected chi connectivity index (χ4v) is 3.34. The van der Waals surface area contributed by atoms with Gasteiger partial charge in [-0.3, -0.25) is 0 Å². The molecule has 0 fully saturated rings. The Morgan fingerprint density at radius 1 is 1.12 bits per heavy atom. The van der Waals surface area contributed by atoms with Gasteiger partial charge in [-0.25, -0.2) is 9.37 Å². The van der Waals surface area contributed by atoms with Crippen LogP contribution in [0.1, 0.15) is 10.6 Å². The molecule has 1 aromatic carbocycles. The van der Waals surface area contributed by atoms with Crippen molar-refractivity contribution >= 4 is 17.2 Å². The number of nitrogen functional groups attached to an aromatic ring is 1. The Kier molecular flexibility index (Phi) is 4.37. The third-order valence-corrected chi connectivity index (χ3v) is 4.65. The van der Waals surface area contributed by atoms with Crippen molar-refractivity contribution in [3.63, 3.8) is 0 Å². The van der Waals surface area contributed by atoms with Gasteiger partial charge in [-0.1, -0.05) is 5.16 Å². The van der Waals surface area contributed by atoms with E-state index < -0.39 is 0 Å². The number of anilines is 1. The van der Waals surface area contributed by atoms with Gasteiger partial charge in [-0.15, -0.1) is 11.3 Å². The molecular formula is C19H14FN3O2S. The van der Waals surface area contributed by atoms with E-state index in [1.807, 2.05) is 24.3 Å². The second-order valence-electron chi connectivity index (χ2n) is 5.57. The molecule has 0 aliphatic carbocycles. The normalized spacial score (nSPS) is 10.8. The lowest BCUT2D eigenvalue weighted by Gasteiger charge is -2.01. The molecule has 130 valence electrons. The molecular weight excluding hydrogens is 353 g/mol. The molecule has 0 aliphatic heterocycles. The third-order valence-electron chi connectivity index (χ3n) is 3.69. The number of halogens is 1. The number of thiophene rings is 1. The first-order valence-corrected chi connectivity index (χ1v) is 8.67. The highest BCUT2D eigenvalue weighted by Gasteiger charge is 2.12. The summed E-state index contributed by atoms with van der Waals surface area (Å²) in [4.78, 5) is 5.12. The summed E-state index contributed by atoms with van der Waals surface area (Å²) in [5.41, 5.74) is 7.37.